The predicted octanol–water partition coefficient (Wildman–Crippen LogP) is 0.369. The SMILES string of the molecule is CC1CNC(C)(C)CN1C1C=CS(=O)(=O)C1. The lowest BCUT2D eigenvalue weighted by Crippen LogP contribution is -2.63. The van der Waals surface area contributed by atoms with Gasteiger partial charge in [0.05, 0.1) is 5.75 Å². The van der Waals surface area contributed by atoms with Gasteiger partial charge in [-0.1, -0.05) is 6.08 Å². The van der Waals surface area contributed by atoms with Crippen molar-refractivity contribution in [2.24, 2.45) is 0 Å². The fraction of sp³-hybridized carbons (Fsp3) is 0.818. The topological polar surface area (TPSA) is 49.4 Å². The van der Waals surface area contributed by atoms with Crippen molar-refractivity contribution in [3.05, 3.63) is 11.5 Å². The van der Waals surface area contributed by atoms with Crippen LogP contribution in [0.1, 0.15) is 20.8 Å². The van der Waals surface area contributed by atoms with Gasteiger partial charge in [0.15, 0.2) is 9.84 Å². The molecule has 1 fully saturated rings. The Morgan fingerprint density at radius 2 is 2.12 bits per heavy atom. The van der Waals surface area contributed by atoms with Crippen molar-refractivity contribution in [1.82, 2.24) is 10.2 Å². The molecular weight excluding hydrogens is 224 g/mol. The molecule has 2 rings (SSSR count). The van der Waals surface area contributed by atoms with Crippen LogP contribution in [0.15, 0.2) is 11.5 Å². The van der Waals surface area contributed by atoms with E-state index >= 15 is 0 Å². The number of rotatable bonds is 1. The van der Waals surface area contributed by atoms with Gasteiger partial charge in [-0.2, -0.15) is 0 Å². The summed E-state index contributed by atoms with van der Waals surface area (Å²) in [5.41, 5.74) is 0.0622. The Bertz CT molecular complexity index is 400. The summed E-state index contributed by atoms with van der Waals surface area (Å²) in [6, 6.07) is 0.442. The summed E-state index contributed by atoms with van der Waals surface area (Å²) in [5.74, 6) is 0.243. The lowest BCUT2D eigenvalue weighted by Gasteiger charge is -2.45. The van der Waals surface area contributed by atoms with E-state index in [4.69, 9.17) is 0 Å². The summed E-state index contributed by atoms with van der Waals surface area (Å²) in [4.78, 5) is 2.29. The molecule has 4 nitrogen and oxygen atoms in total. The van der Waals surface area contributed by atoms with Crippen molar-refractivity contribution in [3.8, 4) is 0 Å². The number of sulfone groups is 1. The van der Waals surface area contributed by atoms with Crippen molar-refractivity contribution < 1.29 is 8.42 Å². The summed E-state index contributed by atoms with van der Waals surface area (Å²) >= 11 is 0. The van der Waals surface area contributed by atoms with Crippen LogP contribution < -0.4 is 5.32 Å². The molecule has 0 radical (unpaired) electrons. The predicted molar refractivity (Wildman–Crippen MR) is 65.0 cm³/mol. The zero-order valence-electron chi connectivity index (χ0n) is 10.1. The van der Waals surface area contributed by atoms with Gasteiger partial charge >= 0.3 is 0 Å². The molecule has 92 valence electrons. The molecule has 2 unspecified atom stereocenters. The minimum Gasteiger partial charge on any atom is -0.309 e. The van der Waals surface area contributed by atoms with E-state index in [9.17, 15) is 8.42 Å². The van der Waals surface area contributed by atoms with Crippen LogP contribution in [0.4, 0.5) is 0 Å². The fourth-order valence-corrected chi connectivity index (χ4v) is 3.73. The standard InChI is InChI=1S/C11H20N2O2S/c1-9-6-12-11(2,3)8-13(9)10-4-5-16(14,15)7-10/h4-5,9-10,12H,6-8H2,1-3H3. The molecule has 0 bridgehead atoms. The normalized spacial score (nSPS) is 37.7. The number of nitrogens with zero attached hydrogens (tertiary/aromatic N) is 1. The molecule has 2 aliphatic rings. The van der Waals surface area contributed by atoms with E-state index in [1.165, 1.54) is 5.41 Å². The highest BCUT2D eigenvalue weighted by Gasteiger charge is 2.36. The molecule has 16 heavy (non-hydrogen) atoms. The first kappa shape index (κ1) is 12.1. The Morgan fingerprint density at radius 3 is 2.69 bits per heavy atom. The van der Waals surface area contributed by atoms with Crippen LogP contribution in [0.2, 0.25) is 0 Å². The largest absolute Gasteiger partial charge is 0.309 e. The van der Waals surface area contributed by atoms with Crippen LogP contribution in [0.5, 0.6) is 0 Å². The second-order valence-electron chi connectivity index (χ2n) is 5.51. The highest BCUT2D eigenvalue weighted by Crippen LogP contribution is 2.22. The van der Waals surface area contributed by atoms with E-state index in [2.05, 4.69) is 31.0 Å². The molecule has 0 aromatic rings. The summed E-state index contributed by atoms with van der Waals surface area (Å²) in [6.45, 7) is 8.25. The van der Waals surface area contributed by atoms with Crippen LogP contribution in [0, 0.1) is 0 Å². The molecule has 5 heteroatoms. The van der Waals surface area contributed by atoms with Gasteiger partial charge in [-0.25, -0.2) is 8.42 Å². The second kappa shape index (κ2) is 3.82. The van der Waals surface area contributed by atoms with Crippen LogP contribution in [-0.2, 0) is 9.84 Å². The van der Waals surface area contributed by atoms with Gasteiger partial charge in [-0.05, 0) is 20.8 Å². The monoisotopic (exact) mass is 244 g/mol. The van der Waals surface area contributed by atoms with E-state index in [0.29, 0.717) is 6.04 Å². The first-order valence-corrected chi connectivity index (χ1v) is 7.42. The Kier molecular flexibility index (Phi) is 2.88. The van der Waals surface area contributed by atoms with Gasteiger partial charge in [0.1, 0.15) is 0 Å². The van der Waals surface area contributed by atoms with E-state index in [0.717, 1.165) is 13.1 Å². The average Bonchev–Trinajstić information content (AvgIpc) is 2.50. The third-order valence-electron chi connectivity index (χ3n) is 3.36. The minimum absolute atomic E-state index is 0.0568. The average molecular weight is 244 g/mol. The number of nitrogens with one attached hydrogen (secondary N) is 1. The zero-order valence-corrected chi connectivity index (χ0v) is 10.9. The van der Waals surface area contributed by atoms with Crippen LogP contribution in [0.25, 0.3) is 0 Å². The molecule has 0 amide bonds. The van der Waals surface area contributed by atoms with E-state index in [1.807, 2.05) is 6.08 Å². The Morgan fingerprint density at radius 1 is 1.44 bits per heavy atom. The number of piperazine rings is 1. The molecular formula is C11H20N2O2S. The first-order valence-electron chi connectivity index (χ1n) is 5.71. The molecule has 0 aliphatic carbocycles. The second-order valence-corrected chi connectivity index (χ2v) is 7.44. The zero-order chi connectivity index (χ0) is 12.0. The van der Waals surface area contributed by atoms with Gasteiger partial charge in [0, 0.05) is 36.1 Å². The fourth-order valence-electron chi connectivity index (χ4n) is 2.42. The highest BCUT2D eigenvalue weighted by atomic mass is 32.2. The summed E-state index contributed by atoms with van der Waals surface area (Å²) in [6.07, 6.45) is 1.83. The van der Waals surface area contributed by atoms with Gasteiger partial charge in [0.2, 0.25) is 0 Å². The van der Waals surface area contributed by atoms with Gasteiger partial charge in [-0.3, -0.25) is 4.90 Å². The van der Waals surface area contributed by atoms with Gasteiger partial charge < -0.3 is 5.32 Å². The molecule has 1 N–H and O–H groups in total. The molecule has 0 aromatic heterocycles. The third kappa shape index (κ3) is 2.47. The summed E-state index contributed by atoms with van der Waals surface area (Å²) in [5, 5.41) is 4.83. The highest BCUT2D eigenvalue weighted by molar-refractivity contribution is 7.94. The quantitative estimate of drug-likeness (QED) is 0.724. The summed E-state index contributed by atoms with van der Waals surface area (Å²) < 4.78 is 22.8. The smallest absolute Gasteiger partial charge is 0.173 e. The maximum atomic E-state index is 11.4. The van der Waals surface area contributed by atoms with Crippen LogP contribution in [-0.4, -0.2) is 49.8 Å². The Labute approximate surface area is 97.6 Å². The lowest BCUT2D eigenvalue weighted by atomic mass is 9.97. The molecule has 1 saturated heterocycles. The van der Waals surface area contributed by atoms with E-state index in [-0.39, 0.29) is 17.3 Å². The van der Waals surface area contributed by atoms with Crippen molar-refractivity contribution in [3.63, 3.8) is 0 Å². The van der Waals surface area contributed by atoms with Crippen LogP contribution in [0.3, 0.4) is 0 Å². The molecule has 0 spiro atoms. The Balaban J connectivity index is 2.12. The number of hydrogen-bond donors (Lipinski definition) is 1. The number of hydrogen-bond acceptors (Lipinski definition) is 4. The van der Waals surface area contributed by atoms with Crippen molar-refractivity contribution in [1.29, 1.82) is 0 Å². The summed E-state index contributed by atoms with van der Waals surface area (Å²) in [7, 11) is -2.95. The lowest BCUT2D eigenvalue weighted by molar-refractivity contribution is 0.0879. The third-order valence-corrected chi connectivity index (χ3v) is 4.74. The minimum atomic E-state index is -2.95. The van der Waals surface area contributed by atoms with Crippen LogP contribution >= 0.6 is 0 Å². The van der Waals surface area contributed by atoms with Crippen molar-refractivity contribution in [2.45, 2.75) is 38.4 Å². The van der Waals surface area contributed by atoms with Crippen molar-refractivity contribution in [2.75, 3.05) is 18.8 Å². The maximum Gasteiger partial charge on any atom is 0.173 e. The van der Waals surface area contributed by atoms with E-state index < -0.39 is 9.84 Å². The maximum absolute atomic E-state index is 11.4. The molecule has 0 saturated carbocycles. The Hall–Kier alpha value is -0.390. The molecule has 2 atom stereocenters. The van der Waals surface area contributed by atoms with E-state index in [1.54, 1.807) is 0 Å². The van der Waals surface area contributed by atoms with Gasteiger partial charge in [0.25, 0.3) is 0 Å². The molecule has 2 heterocycles. The first-order chi connectivity index (χ1) is 7.29. The van der Waals surface area contributed by atoms with Crippen molar-refractivity contribution >= 4 is 9.84 Å². The molecule has 2 aliphatic heterocycles. The van der Waals surface area contributed by atoms with Gasteiger partial charge in [-0.15, -0.1) is 0 Å². The molecule has 0 aromatic carbocycles.